The highest BCUT2D eigenvalue weighted by atomic mass is 32.1. The van der Waals surface area contributed by atoms with Crippen LogP contribution in [0.15, 0.2) is 63.8 Å². The molecule has 5 nitrogen and oxygen atoms in total. The van der Waals surface area contributed by atoms with Crippen molar-refractivity contribution < 1.29 is 13.9 Å². The van der Waals surface area contributed by atoms with Crippen molar-refractivity contribution in [3.8, 4) is 0 Å². The Labute approximate surface area is 146 Å². The third-order valence-electron chi connectivity index (χ3n) is 3.80. The molecule has 0 amide bonds. The second-order valence-electron chi connectivity index (χ2n) is 5.55. The molecule has 0 aliphatic heterocycles. The number of hydrogen-bond acceptors (Lipinski definition) is 6. The summed E-state index contributed by atoms with van der Waals surface area (Å²) in [5.41, 5.74) is 0.464. The molecule has 0 radical (unpaired) electrons. The summed E-state index contributed by atoms with van der Waals surface area (Å²) in [6.07, 6.45) is -0.559. The van der Waals surface area contributed by atoms with Crippen molar-refractivity contribution in [3.05, 3.63) is 75.6 Å². The molecular formula is C19H13NO4S. The molecule has 0 aliphatic rings. The molecule has 25 heavy (non-hydrogen) atoms. The first-order chi connectivity index (χ1) is 12.1. The number of fused-ring (bicyclic) bond motifs is 2. The fourth-order valence-corrected chi connectivity index (χ4v) is 3.49. The second-order valence-corrected chi connectivity index (χ2v) is 6.61. The summed E-state index contributed by atoms with van der Waals surface area (Å²) in [7, 11) is 0. The lowest BCUT2D eigenvalue weighted by atomic mass is 10.2. The highest BCUT2D eigenvalue weighted by Gasteiger charge is 2.20. The fraction of sp³-hybridized carbons (Fsp3) is 0.105. The minimum absolute atomic E-state index is 0.119. The standard InChI is InChI=1S/C19H13NO4S/c1-11(17-20-14-7-3-5-9-16(14)25-17)23-18(21)13-10-12-6-2-4-8-15(12)24-19(13)22/h2-11H,1H3. The molecule has 4 aromatic rings. The minimum Gasteiger partial charge on any atom is -0.451 e. The first kappa shape index (κ1) is 15.5. The molecule has 6 heteroatoms. The van der Waals surface area contributed by atoms with Crippen molar-refractivity contribution in [1.29, 1.82) is 0 Å². The normalized spacial score (nSPS) is 12.4. The first-order valence-corrected chi connectivity index (χ1v) is 8.53. The Hall–Kier alpha value is -2.99. The smallest absolute Gasteiger partial charge is 0.351 e. The van der Waals surface area contributed by atoms with Crippen molar-refractivity contribution in [2.45, 2.75) is 13.0 Å². The first-order valence-electron chi connectivity index (χ1n) is 7.71. The number of benzene rings is 2. The molecule has 124 valence electrons. The van der Waals surface area contributed by atoms with Gasteiger partial charge in [0.05, 0.1) is 10.2 Å². The summed E-state index contributed by atoms with van der Waals surface area (Å²) in [4.78, 5) is 28.9. The lowest BCUT2D eigenvalue weighted by molar-refractivity contribution is 0.0333. The molecule has 0 fully saturated rings. The topological polar surface area (TPSA) is 69.4 Å². The highest BCUT2D eigenvalue weighted by molar-refractivity contribution is 7.18. The molecular weight excluding hydrogens is 338 g/mol. The van der Waals surface area contributed by atoms with Gasteiger partial charge in [0.2, 0.25) is 0 Å². The molecule has 0 saturated carbocycles. The predicted molar refractivity (Wildman–Crippen MR) is 95.9 cm³/mol. The summed E-state index contributed by atoms with van der Waals surface area (Å²) in [6, 6.07) is 16.2. The van der Waals surface area contributed by atoms with Gasteiger partial charge in [-0.2, -0.15) is 0 Å². The van der Waals surface area contributed by atoms with Gasteiger partial charge < -0.3 is 9.15 Å². The number of hydrogen-bond donors (Lipinski definition) is 0. The molecule has 2 heterocycles. The van der Waals surface area contributed by atoms with Crippen LogP contribution in [0.2, 0.25) is 0 Å². The van der Waals surface area contributed by atoms with Crippen molar-refractivity contribution in [1.82, 2.24) is 4.98 Å². The SMILES string of the molecule is CC(OC(=O)c1cc2ccccc2oc1=O)c1nc2ccccc2s1. The maximum absolute atomic E-state index is 12.4. The van der Waals surface area contributed by atoms with Crippen LogP contribution in [0.25, 0.3) is 21.2 Å². The Morgan fingerprint density at radius 2 is 1.92 bits per heavy atom. The van der Waals surface area contributed by atoms with E-state index >= 15 is 0 Å². The van der Waals surface area contributed by atoms with Crippen LogP contribution in [-0.2, 0) is 4.74 Å². The monoisotopic (exact) mass is 351 g/mol. The summed E-state index contributed by atoms with van der Waals surface area (Å²) >= 11 is 1.46. The summed E-state index contributed by atoms with van der Waals surface area (Å²) < 4.78 is 11.6. The fourth-order valence-electron chi connectivity index (χ4n) is 2.54. The van der Waals surface area contributed by atoms with Crippen LogP contribution in [0.4, 0.5) is 0 Å². The van der Waals surface area contributed by atoms with Gasteiger partial charge in [-0.3, -0.25) is 0 Å². The van der Waals surface area contributed by atoms with E-state index in [2.05, 4.69) is 4.98 Å². The van der Waals surface area contributed by atoms with Gasteiger partial charge in [0, 0.05) is 5.39 Å². The average Bonchev–Trinajstić information content (AvgIpc) is 3.05. The number of aromatic nitrogens is 1. The van der Waals surface area contributed by atoms with Crippen LogP contribution < -0.4 is 5.63 Å². The van der Waals surface area contributed by atoms with Crippen LogP contribution in [0, 0.1) is 0 Å². The highest BCUT2D eigenvalue weighted by Crippen LogP contribution is 2.28. The van der Waals surface area contributed by atoms with Crippen molar-refractivity contribution >= 4 is 38.5 Å². The van der Waals surface area contributed by atoms with Gasteiger partial charge in [-0.1, -0.05) is 30.3 Å². The Bertz CT molecular complexity index is 1110. The number of carbonyl (C=O) groups excluding carboxylic acids is 1. The summed E-state index contributed by atoms with van der Waals surface area (Å²) in [5.74, 6) is -0.716. The lowest BCUT2D eigenvalue weighted by Crippen LogP contribution is -2.18. The second kappa shape index (κ2) is 6.14. The molecule has 0 bridgehead atoms. The number of para-hydroxylation sites is 2. The van der Waals surface area contributed by atoms with Crippen LogP contribution in [0.5, 0.6) is 0 Å². The molecule has 4 rings (SSSR count). The molecule has 0 N–H and O–H groups in total. The Morgan fingerprint density at radius 3 is 2.76 bits per heavy atom. The molecule has 2 aromatic carbocycles. The van der Waals surface area contributed by atoms with E-state index in [1.165, 1.54) is 17.4 Å². The van der Waals surface area contributed by atoms with Gasteiger partial charge in [0.25, 0.3) is 0 Å². The van der Waals surface area contributed by atoms with Gasteiger partial charge in [-0.15, -0.1) is 11.3 Å². The zero-order valence-corrected chi connectivity index (χ0v) is 14.1. The largest absolute Gasteiger partial charge is 0.451 e. The van der Waals surface area contributed by atoms with Gasteiger partial charge >= 0.3 is 11.6 Å². The van der Waals surface area contributed by atoms with Gasteiger partial charge in [-0.05, 0) is 31.2 Å². The van der Waals surface area contributed by atoms with E-state index in [-0.39, 0.29) is 5.56 Å². The molecule has 0 aliphatic carbocycles. The van der Waals surface area contributed by atoms with Crippen LogP contribution in [0.3, 0.4) is 0 Å². The lowest BCUT2D eigenvalue weighted by Gasteiger charge is -2.10. The van der Waals surface area contributed by atoms with Gasteiger partial charge in [0.1, 0.15) is 16.2 Å². The zero-order valence-electron chi connectivity index (χ0n) is 13.3. The number of nitrogens with zero attached hydrogens (tertiary/aromatic N) is 1. The van der Waals surface area contributed by atoms with Crippen LogP contribution >= 0.6 is 11.3 Å². The molecule has 1 atom stereocenters. The minimum atomic E-state index is -0.716. The van der Waals surface area contributed by atoms with Crippen LogP contribution in [0.1, 0.15) is 28.4 Å². The number of ether oxygens (including phenoxy) is 1. The number of esters is 1. The maximum atomic E-state index is 12.4. The van der Waals surface area contributed by atoms with E-state index in [4.69, 9.17) is 9.15 Å². The number of carbonyl (C=O) groups is 1. The van der Waals surface area contributed by atoms with Crippen molar-refractivity contribution in [2.24, 2.45) is 0 Å². The van der Waals surface area contributed by atoms with Gasteiger partial charge in [0.15, 0.2) is 6.10 Å². The molecule has 0 spiro atoms. The van der Waals surface area contributed by atoms with E-state index in [0.717, 1.165) is 10.2 Å². The van der Waals surface area contributed by atoms with Crippen LogP contribution in [-0.4, -0.2) is 11.0 Å². The number of thiazole rings is 1. The quantitative estimate of drug-likeness (QED) is 0.406. The van der Waals surface area contributed by atoms with E-state index in [0.29, 0.717) is 16.0 Å². The Balaban J connectivity index is 1.63. The molecule has 1 unspecified atom stereocenters. The van der Waals surface area contributed by atoms with Crippen molar-refractivity contribution in [2.75, 3.05) is 0 Å². The summed E-state index contributed by atoms with van der Waals surface area (Å²) in [6.45, 7) is 1.73. The van der Waals surface area contributed by atoms with E-state index < -0.39 is 17.7 Å². The maximum Gasteiger partial charge on any atom is 0.351 e. The molecule has 2 aromatic heterocycles. The summed E-state index contributed by atoms with van der Waals surface area (Å²) in [5, 5.41) is 1.35. The van der Waals surface area contributed by atoms with Gasteiger partial charge in [-0.25, -0.2) is 14.6 Å². The van der Waals surface area contributed by atoms with E-state index in [1.54, 1.807) is 31.2 Å². The number of rotatable bonds is 3. The van der Waals surface area contributed by atoms with E-state index in [1.807, 2.05) is 24.3 Å². The average molecular weight is 351 g/mol. The molecule has 0 saturated heterocycles. The van der Waals surface area contributed by atoms with Crippen molar-refractivity contribution in [3.63, 3.8) is 0 Å². The zero-order chi connectivity index (χ0) is 17.4. The third kappa shape index (κ3) is 2.92. The third-order valence-corrected chi connectivity index (χ3v) is 5.00. The Kier molecular flexibility index (Phi) is 3.82. The van der Waals surface area contributed by atoms with E-state index in [9.17, 15) is 9.59 Å². The predicted octanol–water partition coefficient (Wildman–Crippen LogP) is 4.32. The Morgan fingerprint density at radius 1 is 1.16 bits per heavy atom.